The maximum Gasteiger partial charge on any atom is 0.177 e. The monoisotopic (exact) mass is 678 g/mol. The summed E-state index contributed by atoms with van der Waals surface area (Å²) in [5.41, 5.74) is 10.2. The highest BCUT2D eigenvalue weighted by atomic mass is 15.6. The Morgan fingerprint density at radius 2 is 1.33 bits per heavy atom. The van der Waals surface area contributed by atoms with Crippen molar-refractivity contribution in [1.29, 1.82) is 0 Å². The van der Waals surface area contributed by atoms with Gasteiger partial charge >= 0.3 is 0 Å². The zero-order valence-corrected chi connectivity index (χ0v) is 29.4. The van der Waals surface area contributed by atoms with Crippen LogP contribution in [0, 0.1) is 13.8 Å². The molecule has 0 fully saturated rings. The van der Waals surface area contributed by atoms with Crippen molar-refractivity contribution in [3.63, 3.8) is 0 Å². The van der Waals surface area contributed by atoms with Crippen LogP contribution in [0.15, 0.2) is 146 Å². The minimum atomic E-state index is -0.868. The van der Waals surface area contributed by atoms with E-state index >= 15 is 0 Å². The molecule has 8 nitrogen and oxygen atoms in total. The van der Waals surface area contributed by atoms with E-state index < -0.39 is 5.54 Å². The lowest BCUT2D eigenvalue weighted by atomic mass is 9.77. The Hall–Kier alpha value is -6.54. The van der Waals surface area contributed by atoms with E-state index in [1.165, 1.54) is 0 Å². The van der Waals surface area contributed by atoms with Crippen LogP contribution in [0.1, 0.15) is 63.3 Å². The minimum absolute atomic E-state index is 0.593. The van der Waals surface area contributed by atoms with Crippen LogP contribution in [0.2, 0.25) is 0 Å². The molecule has 0 atom stereocenters. The largest absolute Gasteiger partial charge is 0.308 e. The summed E-state index contributed by atoms with van der Waals surface area (Å²) in [7, 11) is 0. The van der Waals surface area contributed by atoms with Gasteiger partial charge in [-0.3, -0.25) is 4.98 Å². The third-order valence-corrected chi connectivity index (χ3v) is 9.62. The van der Waals surface area contributed by atoms with E-state index in [2.05, 4.69) is 138 Å². The Balaban J connectivity index is 1.27. The number of aryl methyl sites for hydroxylation is 3. The Morgan fingerprint density at radius 1 is 0.712 bits per heavy atom. The lowest BCUT2D eigenvalue weighted by Gasteiger charge is -2.36. The first-order valence-electron chi connectivity index (χ1n) is 17.6. The lowest BCUT2D eigenvalue weighted by molar-refractivity contribution is 0.443. The number of benzene rings is 4. The highest BCUT2D eigenvalue weighted by Gasteiger charge is 2.41. The molecule has 254 valence electrons. The molecule has 0 bridgehead atoms. The van der Waals surface area contributed by atoms with Gasteiger partial charge < -0.3 is 4.57 Å². The van der Waals surface area contributed by atoms with Crippen molar-refractivity contribution in [2.75, 3.05) is 0 Å². The number of imidazole rings is 1. The van der Waals surface area contributed by atoms with Crippen molar-refractivity contribution < 1.29 is 0 Å². The number of rotatable bonds is 10. The summed E-state index contributed by atoms with van der Waals surface area (Å²) in [6, 6.07) is 48.0. The molecule has 0 radical (unpaired) electrons. The molecule has 0 amide bonds. The quantitative estimate of drug-likeness (QED) is 0.135. The van der Waals surface area contributed by atoms with Crippen LogP contribution in [0.4, 0.5) is 0 Å². The highest BCUT2D eigenvalue weighted by molar-refractivity contribution is 5.89. The average Bonchev–Trinajstić information content (AvgIpc) is 3.81. The van der Waals surface area contributed by atoms with Crippen LogP contribution in [0.25, 0.3) is 22.8 Å². The summed E-state index contributed by atoms with van der Waals surface area (Å²) in [6.07, 6.45) is 4.69. The molecule has 8 aromatic rings. The molecule has 0 unspecified atom stereocenters. The molecule has 4 aromatic carbocycles. The molecule has 52 heavy (non-hydrogen) atoms. The molecule has 0 aliphatic carbocycles. The van der Waals surface area contributed by atoms with Gasteiger partial charge in [-0.2, -0.15) is 0 Å². The second-order valence-electron chi connectivity index (χ2n) is 12.9. The van der Waals surface area contributed by atoms with Crippen molar-refractivity contribution in [3.8, 4) is 0 Å². The molecule has 0 N–H and O–H groups in total. The number of hydrogen-bond acceptors (Lipinski definition) is 6. The van der Waals surface area contributed by atoms with E-state index in [9.17, 15) is 0 Å². The number of hydrogen-bond donors (Lipinski definition) is 0. The molecule has 0 saturated heterocycles. The van der Waals surface area contributed by atoms with Gasteiger partial charge in [0, 0.05) is 23.9 Å². The third-order valence-electron chi connectivity index (χ3n) is 9.62. The SMILES string of the molecule is CCc1nc2c(C)cc(C)nc2n1Cc1ccc(C(=Cc2nnnn2C(c2ccccc2)(c2ccccc2)c2ccccc2)c2ccccn2)cc1. The third kappa shape index (κ3) is 5.88. The molecule has 8 rings (SSSR count). The van der Waals surface area contributed by atoms with Crippen molar-refractivity contribution >= 4 is 22.8 Å². The van der Waals surface area contributed by atoms with E-state index in [4.69, 9.17) is 20.2 Å². The normalized spacial score (nSPS) is 12.0. The van der Waals surface area contributed by atoms with Gasteiger partial charge in [-0.05, 0) is 81.9 Å². The first-order valence-corrected chi connectivity index (χ1v) is 17.6. The molecule has 0 saturated carbocycles. The zero-order chi connectivity index (χ0) is 35.5. The van der Waals surface area contributed by atoms with Crippen molar-refractivity contribution in [2.45, 2.75) is 39.3 Å². The van der Waals surface area contributed by atoms with Crippen LogP contribution in [0.3, 0.4) is 0 Å². The number of aromatic nitrogens is 8. The maximum absolute atomic E-state index is 4.95. The van der Waals surface area contributed by atoms with E-state index in [-0.39, 0.29) is 0 Å². The molecule has 0 spiro atoms. The second kappa shape index (κ2) is 14.0. The van der Waals surface area contributed by atoms with E-state index in [1.807, 2.05) is 54.2 Å². The Labute approximate surface area is 303 Å². The van der Waals surface area contributed by atoms with Crippen LogP contribution >= 0.6 is 0 Å². The number of tetrazole rings is 1. The van der Waals surface area contributed by atoms with Crippen molar-refractivity contribution in [1.82, 2.24) is 39.7 Å². The molecular weight excluding hydrogens is 641 g/mol. The van der Waals surface area contributed by atoms with Gasteiger partial charge in [0.15, 0.2) is 11.5 Å². The summed E-state index contributed by atoms with van der Waals surface area (Å²) in [4.78, 5) is 14.6. The predicted octanol–water partition coefficient (Wildman–Crippen LogP) is 8.47. The fourth-order valence-electron chi connectivity index (χ4n) is 7.24. The zero-order valence-electron chi connectivity index (χ0n) is 29.4. The Bertz CT molecular complexity index is 2370. The summed E-state index contributed by atoms with van der Waals surface area (Å²) < 4.78 is 4.18. The topological polar surface area (TPSA) is 87.2 Å². The Kier molecular flexibility index (Phi) is 8.79. The fourth-order valence-corrected chi connectivity index (χ4v) is 7.24. The second-order valence-corrected chi connectivity index (χ2v) is 12.9. The first-order chi connectivity index (χ1) is 25.6. The van der Waals surface area contributed by atoms with E-state index in [1.54, 1.807) is 0 Å². The van der Waals surface area contributed by atoms with E-state index in [0.29, 0.717) is 12.4 Å². The number of fused-ring (bicyclic) bond motifs is 1. The lowest BCUT2D eigenvalue weighted by Crippen LogP contribution is -2.39. The van der Waals surface area contributed by atoms with Gasteiger partial charge in [0.1, 0.15) is 16.9 Å². The molecule has 4 aromatic heterocycles. The molecule has 8 heteroatoms. The van der Waals surface area contributed by atoms with Crippen LogP contribution in [-0.2, 0) is 18.5 Å². The van der Waals surface area contributed by atoms with Gasteiger partial charge in [-0.15, -0.1) is 5.10 Å². The van der Waals surface area contributed by atoms with Crippen LogP contribution in [-0.4, -0.2) is 39.7 Å². The van der Waals surface area contributed by atoms with Gasteiger partial charge in [-0.25, -0.2) is 14.6 Å². The number of nitrogens with zero attached hydrogens (tertiary/aromatic N) is 8. The van der Waals surface area contributed by atoms with Gasteiger partial charge in [0.05, 0.1) is 12.2 Å². The average molecular weight is 679 g/mol. The Morgan fingerprint density at radius 3 is 1.90 bits per heavy atom. The van der Waals surface area contributed by atoms with Gasteiger partial charge in [0.2, 0.25) is 0 Å². The summed E-state index contributed by atoms with van der Waals surface area (Å²) in [5.74, 6) is 1.62. The minimum Gasteiger partial charge on any atom is -0.308 e. The predicted molar refractivity (Wildman–Crippen MR) is 206 cm³/mol. The van der Waals surface area contributed by atoms with Gasteiger partial charge in [0.25, 0.3) is 0 Å². The van der Waals surface area contributed by atoms with Crippen molar-refractivity contribution in [2.24, 2.45) is 0 Å². The maximum atomic E-state index is 4.95. The standard InChI is InChI=1S/C44H38N8/c1-4-40-47-42-31(2)28-32(3)46-43(42)51(40)30-33-23-25-34(26-24-33)38(39-22-14-15-27-45-39)29-41-48-49-50-52(41)44(35-16-8-5-9-17-35,36-18-10-6-11-19-36)37-20-12-7-13-21-37/h5-29H,4,30H2,1-3H3. The number of pyridine rings is 2. The molecule has 0 aliphatic rings. The summed E-state index contributed by atoms with van der Waals surface area (Å²) in [5, 5.41) is 13.7. The smallest absolute Gasteiger partial charge is 0.177 e. The summed E-state index contributed by atoms with van der Waals surface area (Å²) >= 11 is 0. The summed E-state index contributed by atoms with van der Waals surface area (Å²) in [6.45, 7) is 6.96. The fraction of sp³-hybridized carbons (Fsp3) is 0.136. The molecular formula is C44H38N8. The van der Waals surface area contributed by atoms with Crippen molar-refractivity contribution in [3.05, 3.63) is 202 Å². The van der Waals surface area contributed by atoms with Crippen LogP contribution in [0.5, 0.6) is 0 Å². The molecule has 0 aliphatic heterocycles. The van der Waals surface area contributed by atoms with Crippen LogP contribution < -0.4 is 0 Å². The highest BCUT2D eigenvalue weighted by Crippen LogP contribution is 2.41. The van der Waals surface area contributed by atoms with Gasteiger partial charge in [-0.1, -0.05) is 128 Å². The van der Waals surface area contributed by atoms with E-state index in [0.717, 1.165) is 73.8 Å². The first kappa shape index (κ1) is 32.7. The molecule has 4 heterocycles.